The zero-order valence-electron chi connectivity index (χ0n) is 10.7. The van der Waals surface area contributed by atoms with Crippen molar-refractivity contribution in [2.75, 3.05) is 0 Å². The number of carboxylic acid groups (broad SMARTS) is 1. The highest BCUT2D eigenvalue weighted by molar-refractivity contribution is 5.91. The van der Waals surface area contributed by atoms with E-state index in [1.807, 2.05) is 42.6 Å². The number of hydrogen-bond donors (Lipinski definition) is 1. The zero-order valence-corrected chi connectivity index (χ0v) is 10.7. The van der Waals surface area contributed by atoms with Gasteiger partial charge in [-0.25, -0.2) is 4.79 Å². The van der Waals surface area contributed by atoms with Gasteiger partial charge < -0.3 is 5.11 Å². The van der Waals surface area contributed by atoms with E-state index in [-0.39, 0.29) is 0 Å². The number of rotatable bonds is 4. The molecule has 0 atom stereocenters. The second-order valence-electron chi connectivity index (χ2n) is 4.41. The van der Waals surface area contributed by atoms with Gasteiger partial charge in [-0.3, -0.25) is 4.98 Å². The summed E-state index contributed by atoms with van der Waals surface area (Å²) in [5, 5.41) is 8.82. The van der Waals surface area contributed by atoms with Crippen LogP contribution in [-0.2, 0) is 11.2 Å². The first-order valence-electron chi connectivity index (χ1n) is 6.04. The molecule has 0 bridgehead atoms. The standard InChI is InChI=1S/C16H15NO2/c1-12(16(18)19)9-13-4-6-14(7-5-13)10-15-3-2-8-17-11-15/h2-9,11H,10H2,1H3,(H,18,19)/b12-9+. The number of nitrogens with zero attached hydrogens (tertiary/aromatic N) is 1. The molecule has 96 valence electrons. The van der Waals surface area contributed by atoms with Gasteiger partial charge in [-0.05, 0) is 42.2 Å². The monoisotopic (exact) mass is 253 g/mol. The summed E-state index contributed by atoms with van der Waals surface area (Å²) in [5.41, 5.74) is 3.57. The number of hydrogen-bond acceptors (Lipinski definition) is 2. The SMILES string of the molecule is C/C(=C\c1ccc(Cc2cccnc2)cc1)C(=O)O. The lowest BCUT2D eigenvalue weighted by Crippen LogP contribution is -1.95. The highest BCUT2D eigenvalue weighted by atomic mass is 16.4. The Morgan fingerprint density at radius 1 is 1.21 bits per heavy atom. The van der Waals surface area contributed by atoms with Crippen LogP contribution in [0, 0.1) is 0 Å². The fraction of sp³-hybridized carbons (Fsp3) is 0.125. The molecule has 0 unspecified atom stereocenters. The Kier molecular flexibility index (Phi) is 4.08. The second-order valence-corrected chi connectivity index (χ2v) is 4.41. The Morgan fingerprint density at radius 3 is 2.53 bits per heavy atom. The second kappa shape index (κ2) is 5.96. The van der Waals surface area contributed by atoms with Crippen LogP contribution in [0.4, 0.5) is 0 Å². The first-order valence-corrected chi connectivity index (χ1v) is 6.04. The summed E-state index contributed by atoms with van der Waals surface area (Å²) in [4.78, 5) is 14.8. The molecule has 2 rings (SSSR count). The van der Waals surface area contributed by atoms with Crippen molar-refractivity contribution in [3.8, 4) is 0 Å². The molecule has 0 saturated carbocycles. The Balaban J connectivity index is 2.11. The summed E-state index contributed by atoms with van der Waals surface area (Å²) in [7, 11) is 0. The normalized spacial score (nSPS) is 11.3. The average Bonchev–Trinajstić information content (AvgIpc) is 2.42. The molecule has 1 aromatic carbocycles. The molecule has 0 aliphatic heterocycles. The van der Waals surface area contributed by atoms with E-state index in [9.17, 15) is 4.79 Å². The van der Waals surface area contributed by atoms with Gasteiger partial charge in [-0.15, -0.1) is 0 Å². The summed E-state index contributed by atoms with van der Waals surface area (Å²) < 4.78 is 0. The number of pyridine rings is 1. The predicted octanol–water partition coefficient (Wildman–Crippen LogP) is 3.16. The number of carbonyl (C=O) groups is 1. The summed E-state index contributed by atoms with van der Waals surface area (Å²) in [6.07, 6.45) is 6.10. The molecule has 1 aromatic heterocycles. The largest absolute Gasteiger partial charge is 0.478 e. The molecule has 0 aliphatic carbocycles. The van der Waals surface area contributed by atoms with E-state index in [0.717, 1.165) is 17.5 Å². The lowest BCUT2D eigenvalue weighted by Gasteiger charge is -2.02. The van der Waals surface area contributed by atoms with Gasteiger partial charge in [-0.2, -0.15) is 0 Å². The molecular weight excluding hydrogens is 238 g/mol. The lowest BCUT2D eigenvalue weighted by atomic mass is 10.0. The van der Waals surface area contributed by atoms with Gasteiger partial charge in [0.15, 0.2) is 0 Å². The van der Waals surface area contributed by atoms with Crippen LogP contribution >= 0.6 is 0 Å². The maximum Gasteiger partial charge on any atom is 0.331 e. The fourth-order valence-corrected chi connectivity index (χ4v) is 1.78. The number of carboxylic acids is 1. The molecule has 0 saturated heterocycles. The summed E-state index contributed by atoms with van der Waals surface area (Å²) in [6, 6.07) is 11.8. The predicted molar refractivity (Wildman–Crippen MR) is 74.8 cm³/mol. The minimum absolute atomic E-state index is 0.333. The molecule has 3 heteroatoms. The Hall–Kier alpha value is -2.42. The summed E-state index contributed by atoms with van der Waals surface area (Å²) in [5.74, 6) is -0.889. The number of aliphatic carboxylic acids is 1. The van der Waals surface area contributed by atoms with E-state index < -0.39 is 5.97 Å². The molecule has 0 amide bonds. The zero-order chi connectivity index (χ0) is 13.7. The van der Waals surface area contributed by atoms with Gasteiger partial charge in [0.25, 0.3) is 0 Å². The van der Waals surface area contributed by atoms with Crippen molar-refractivity contribution in [3.05, 3.63) is 71.1 Å². The molecule has 0 radical (unpaired) electrons. The molecular formula is C16H15NO2. The van der Waals surface area contributed by atoms with Crippen LogP contribution in [0.25, 0.3) is 6.08 Å². The molecule has 0 fully saturated rings. The van der Waals surface area contributed by atoms with Crippen molar-refractivity contribution in [2.45, 2.75) is 13.3 Å². The summed E-state index contributed by atoms with van der Waals surface area (Å²) >= 11 is 0. The summed E-state index contributed by atoms with van der Waals surface area (Å²) in [6.45, 7) is 1.59. The highest BCUT2D eigenvalue weighted by Crippen LogP contribution is 2.12. The lowest BCUT2D eigenvalue weighted by molar-refractivity contribution is -0.132. The van der Waals surface area contributed by atoms with Gasteiger partial charge in [0.05, 0.1) is 0 Å². The third kappa shape index (κ3) is 3.78. The molecule has 0 spiro atoms. The van der Waals surface area contributed by atoms with E-state index in [1.54, 1.807) is 19.2 Å². The molecule has 19 heavy (non-hydrogen) atoms. The Labute approximate surface area is 112 Å². The van der Waals surface area contributed by atoms with E-state index in [2.05, 4.69) is 4.98 Å². The van der Waals surface area contributed by atoms with E-state index in [1.165, 1.54) is 5.56 Å². The Morgan fingerprint density at radius 2 is 1.95 bits per heavy atom. The Bertz CT molecular complexity index is 586. The van der Waals surface area contributed by atoms with Crippen molar-refractivity contribution in [1.82, 2.24) is 4.98 Å². The maximum absolute atomic E-state index is 10.7. The van der Waals surface area contributed by atoms with Crippen molar-refractivity contribution >= 4 is 12.0 Å². The fourth-order valence-electron chi connectivity index (χ4n) is 1.78. The van der Waals surface area contributed by atoms with Gasteiger partial charge >= 0.3 is 5.97 Å². The minimum Gasteiger partial charge on any atom is -0.478 e. The average molecular weight is 253 g/mol. The topological polar surface area (TPSA) is 50.2 Å². The highest BCUT2D eigenvalue weighted by Gasteiger charge is 2.00. The van der Waals surface area contributed by atoms with Gasteiger partial charge in [-0.1, -0.05) is 30.3 Å². The first-order chi connectivity index (χ1) is 9.15. The van der Waals surface area contributed by atoms with Crippen LogP contribution in [0.2, 0.25) is 0 Å². The van der Waals surface area contributed by atoms with Crippen LogP contribution in [0.15, 0.2) is 54.4 Å². The molecule has 2 aromatic rings. The van der Waals surface area contributed by atoms with E-state index >= 15 is 0 Å². The van der Waals surface area contributed by atoms with Crippen molar-refractivity contribution in [2.24, 2.45) is 0 Å². The van der Waals surface area contributed by atoms with Gasteiger partial charge in [0.2, 0.25) is 0 Å². The van der Waals surface area contributed by atoms with Crippen LogP contribution in [0.1, 0.15) is 23.6 Å². The van der Waals surface area contributed by atoms with Crippen LogP contribution in [0.5, 0.6) is 0 Å². The molecule has 3 nitrogen and oxygen atoms in total. The molecule has 1 N–H and O–H groups in total. The van der Waals surface area contributed by atoms with Gasteiger partial charge in [0, 0.05) is 18.0 Å². The van der Waals surface area contributed by atoms with Crippen LogP contribution in [-0.4, -0.2) is 16.1 Å². The maximum atomic E-state index is 10.7. The smallest absolute Gasteiger partial charge is 0.331 e. The van der Waals surface area contributed by atoms with Crippen LogP contribution in [0.3, 0.4) is 0 Å². The van der Waals surface area contributed by atoms with Crippen molar-refractivity contribution in [1.29, 1.82) is 0 Å². The van der Waals surface area contributed by atoms with Crippen molar-refractivity contribution in [3.63, 3.8) is 0 Å². The first kappa shape index (κ1) is 13.0. The molecule has 1 heterocycles. The van der Waals surface area contributed by atoms with Gasteiger partial charge in [0.1, 0.15) is 0 Å². The van der Waals surface area contributed by atoms with E-state index in [4.69, 9.17) is 5.11 Å². The third-order valence-corrected chi connectivity index (χ3v) is 2.83. The quantitative estimate of drug-likeness (QED) is 0.851. The van der Waals surface area contributed by atoms with Crippen molar-refractivity contribution < 1.29 is 9.90 Å². The van der Waals surface area contributed by atoms with Crippen LogP contribution < -0.4 is 0 Å². The number of benzene rings is 1. The minimum atomic E-state index is -0.889. The number of aromatic nitrogens is 1. The van der Waals surface area contributed by atoms with E-state index in [0.29, 0.717) is 5.57 Å². The molecule has 0 aliphatic rings. The third-order valence-electron chi connectivity index (χ3n) is 2.83.